The molecular formula is C15H12N2O2S2. The molecule has 0 spiro atoms. The van der Waals surface area contributed by atoms with Gasteiger partial charge in [0.05, 0.1) is 16.3 Å². The van der Waals surface area contributed by atoms with Crippen LogP contribution in [0.2, 0.25) is 0 Å². The van der Waals surface area contributed by atoms with Crippen molar-refractivity contribution in [1.82, 2.24) is 9.97 Å². The SMILES string of the molecule is O=S(=O)(Cc1csc(-c2ccncc2)n1)c1ccccc1. The number of thiazole rings is 1. The molecule has 3 rings (SSSR count). The Morgan fingerprint density at radius 3 is 2.43 bits per heavy atom. The average Bonchev–Trinajstić information content (AvgIpc) is 2.97. The smallest absolute Gasteiger partial charge is 0.184 e. The Hall–Kier alpha value is -2.05. The van der Waals surface area contributed by atoms with Crippen molar-refractivity contribution in [2.45, 2.75) is 10.6 Å². The quantitative estimate of drug-likeness (QED) is 0.742. The van der Waals surface area contributed by atoms with Gasteiger partial charge in [-0.1, -0.05) is 18.2 Å². The van der Waals surface area contributed by atoms with Crippen LogP contribution >= 0.6 is 11.3 Å². The summed E-state index contributed by atoms with van der Waals surface area (Å²) in [6.07, 6.45) is 3.38. The van der Waals surface area contributed by atoms with Gasteiger partial charge in [0.1, 0.15) is 5.01 Å². The summed E-state index contributed by atoms with van der Waals surface area (Å²) in [7, 11) is -3.35. The van der Waals surface area contributed by atoms with Gasteiger partial charge in [-0.05, 0) is 24.3 Å². The Morgan fingerprint density at radius 1 is 1.00 bits per heavy atom. The standard InChI is InChI=1S/C15H12N2O2S2/c18-21(19,14-4-2-1-3-5-14)11-13-10-20-15(17-13)12-6-8-16-9-7-12/h1-10H,11H2. The van der Waals surface area contributed by atoms with Gasteiger partial charge >= 0.3 is 0 Å². The van der Waals surface area contributed by atoms with E-state index < -0.39 is 9.84 Å². The molecule has 0 aliphatic carbocycles. The summed E-state index contributed by atoms with van der Waals surface area (Å²) in [6, 6.07) is 12.1. The lowest BCUT2D eigenvalue weighted by atomic mass is 10.3. The molecule has 2 aromatic heterocycles. The molecule has 0 fully saturated rings. The van der Waals surface area contributed by atoms with Crippen LogP contribution in [-0.2, 0) is 15.6 Å². The van der Waals surface area contributed by atoms with Gasteiger partial charge in [0.2, 0.25) is 0 Å². The van der Waals surface area contributed by atoms with Gasteiger partial charge in [0.15, 0.2) is 9.84 Å². The van der Waals surface area contributed by atoms with Gasteiger partial charge in [-0.2, -0.15) is 0 Å². The van der Waals surface area contributed by atoms with E-state index in [2.05, 4.69) is 9.97 Å². The molecule has 0 saturated heterocycles. The van der Waals surface area contributed by atoms with Gasteiger partial charge < -0.3 is 0 Å². The Bertz CT molecular complexity index is 828. The van der Waals surface area contributed by atoms with Crippen LogP contribution in [0.4, 0.5) is 0 Å². The molecule has 2 heterocycles. The monoisotopic (exact) mass is 316 g/mol. The predicted octanol–water partition coefficient (Wildman–Crippen LogP) is 3.18. The molecule has 0 N–H and O–H groups in total. The Kier molecular flexibility index (Phi) is 3.81. The molecule has 21 heavy (non-hydrogen) atoms. The molecule has 3 aromatic rings. The number of pyridine rings is 1. The third kappa shape index (κ3) is 3.17. The zero-order chi connectivity index (χ0) is 14.7. The van der Waals surface area contributed by atoms with Crippen LogP contribution in [0.3, 0.4) is 0 Å². The van der Waals surface area contributed by atoms with Crippen LogP contribution in [0.5, 0.6) is 0 Å². The molecule has 6 heteroatoms. The third-order valence-corrected chi connectivity index (χ3v) is 5.53. The molecule has 4 nitrogen and oxygen atoms in total. The maximum Gasteiger partial charge on any atom is 0.184 e. The molecule has 0 aliphatic rings. The third-order valence-electron chi connectivity index (χ3n) is 2.92. The minimum absolute atomic E-state index is 0.0847. The number of hydrogen-bond donors (Lipinski definition) is 0. The highest BCUT2D eigenvalue weighted by Gasteiger charge is 2.17. The van der Waals surface area contributed by atoms with Crippen molar-refractivity contribution < 1.29 is 8.42 Å². The summed E-state index contributed by atoms with van der Waals surface area (Å²) >= 11 is 1.44. The van der Waals surface area contributed by atoms with Crippen LogP contribution in [0.25, 0.3) is 10.6 Å². The van der Waals surface area contributed by atoms with E-state index in [9.17, 15) is 8.42 Å². The van der Waals surface area contributed by atoms with Crippen LogP contribution in [0.15, 0.2) is 65.1 Å². The molecule has 0 unspecified atom stereocenters. The van der Waals surface area contributed by atoms with Crippen molar-refractivity contribution >= 4 is 21.2 Å². The zero-order valence-corrected chi connectivity index (χ0v) is 12.6. The minimum Gasteiger partial charge on any atom is -0.265 e. The number of nitrogens with zero attached hydrogens (tertiary/aromatic N) is 2. The number of aromatic nitrogens is 2. The lowest BCUT2D eigenvalue weighted by Gasteiger charge is -2.01. The molecule has 0 atom stereocenters. The first-order chi connectivity index (χ1) is 10.1. The predicted molar refractivity (Wildman–Crippen MR) is 82.7 cm³/mol. The summed E-state index contributed by atoms with van der Waals surface area (Å²) in [5.74, 6) is -0.0847. The van der Waals surface area contributed by atoms with Crippen LogP contribution in [-0.4, -0.2) is 18.4 Å². The highest BCUT2D eigenvalue weighted by molar-refractivity contribution is 7.90. The lowest BCUT2D eigenvalue weighted by Crippen LogP contribution is -2.04. The molecule has 0 radical (unpaired) electrons. The fraction of sp³-hybridized carbons (Fsp3) is 0.0667. The molecule has 1 aromatic carbocycles. The van der Waals surface area contributed by atoms with Crippen LogP contribution < -0.4 is 0 Å². The van der Waals surface area contributed by atoms with E-state index in [4.69, 9.17) is 0 Å². The molecular weight excluding hydrogens is 304 g/mol. The number of rotatable bonds is 4. The van der Waals surface area contributed by atoms with Crippen molar-refractivity contribution in [3.63, 3.8) is 0 Å². The van der Waals surface area contributed by atoms with Gasteiger partial charge in [-0.15, -0.1) is 11.3 Å². The van der Waals surface area contributed by atoms with Gasteiger partial charge in [0, 0.05) is 23.3 Å². The summed E-state index contributed by atoms with van der Waals surface area (Å²) in [5, 5.41) is 2.59. The second-order valence-electron chi connectivity index (χ2n) is 4.45. The fourth-order valence-corrected chi connectivity index (χ4v) is 4.11. The van der Waals surface area contributed by atoms with Gasteiger partial charge in [0.25, 0.3) is 0 Å². The summed E-state index contributed by atoms with van der Waals surface area (Å²) < 4.78 is 24.6. The molecule has 0 bridgehead atoms. The number of hydrogen-bond acceptors (Lipinski definition) is 5. The van der Waals surface area contributed by atoms with Crippen LogP contribution in [0, 0.1) is 0 Å². The summed E-state index contributed by atoms with van der Waals surface area (Å²) in [6.45, 7) is 0. The largest absolute Gasteiger partial charge is 0.265 e. The van der Waals surface area contributed by atoms with E-state index in [0.29, 0.717) is 10.6 Å². The normalized spacial score (nSPS) is 11.4. The average molecular weight is 316 g/mol. The van der Waals surface area contributed by atoms with Crippen molar-refractivity contribution in [1.29, 1.82) is 0 Å². The molecule has 106 valence electrons. The Labute approximate surface area is 127 Å². The van der Waals surface area contributed by atoms with Crippen molar-refractivity contribution in [2.24, 2.45) is 0 Å². The van der Waals surface area contributed by atoms with E-state index in [1.165, 1.54) is 11.3 Å². The summed E-state index contributed by atoms with van der Waals surface area (Å²) in [5.41, 5.74) is 1.51. The van der Waals surface area contributed by atoms with Crippen molar-refractivity contribution in [3.8, 4) is 10.6 Å². The zero-order valence-electron chi connectivity index (χ0n) is 11.0. The maximum atomic E-state index is 12.3. The lowest BCUT2D eigenvalue weighted by molar-refractivity contribution is 0.595. The molecule has 0 saturated carbocycles. The van der Waals surface area contributed by atoms with E-state index >= 15 is 0 Å². The van der Waals surface area contributed by atoms with E-state index in [1.807, 2.05) is 12.1 Å². The van der Waals surface area contributed by atoms with Crippen LogP contribution in [0.1, 0.15) is 5.69 Å². The van der Waals surface area contributed by atoms with Crippen molar-refractivity contribution in [3.05, 3.63) is 65.9 Å². The maximum absolute atomic E-state index is 12.3. The fourth-order valence-electron chi connectivity index (χ4n) is 1.91. The Balaban J connectivity index is 1.85. The highest BCUT2D eigenvalue weighted by Crippen LogP contribution is 2.25. The molecule has 0 amide bonds. The minimum atomic E-state index is -3.35. The first-order valence-corrected chi connectivity index (χ1v) is 8.81. The highest BCUT2D eigenvalue weighted by atomic mass is 32.2. The topological polar surface area (TPSA) is 59.9 Å². The number of benzene rings is 1. The van der Waals surface area contributed by atoms with E-state index in [-0.39, 0.29) is 5.75 Å². The summed E-state index contributed by atoms with van der Waals surface area (Å²) in [4.78, 5) is 8.68. The van der Waals surface area contributed by atoms with Gasteiger partial charge in [-0.25, -0.2) is 13.4 Å². The first-order valence-electron chi connectivity index (χ1n) is 6.28. The number of sulfone groups is 1. The second kappa shape index (κ2) is 5.75. The molecule has 0 aliphatic heterocycles. The Morgan fingerprint density at radius 2 is 1.71 bits per heavy atom. The van der Waals surface area contributed by atoms with E-state index in [0.717, 1.165) is 10.6 Å². The second-order valence-corrected chi connectivity index (χ2v) is 7.30. The van der Waals surface area contributed by atoms with Gasteiger partial charge in [-0.3, -0.25) is 4.98 Å². The first kappa shape index (κ1) is 13.9. The van der Waals surface area contributed by atoms with Crippen molar-refractivity contribution in [2.75, 3.05) is 0 Å². The van der Waals surface area contributed by atoms with E-state index in [1.54, 1.807) is 48.1 Å².